The predicted octanol–water partition coefficient (Wildman–Crippen LogP) is 4.81. The van der Waals surface area contributed by atoms with Gasteiger partial charge in [-0.2, -0.15) is 0 Å². The molecule has 2 aromatic carbocycles. The van der Waals surface area contributed by atoms with Crippen LogP contribution in [0.4, 0.5) is 0 Å². The molecule has 1 atom stereocenters. The molecular formula is C23H29NO2. The van der Waals surface area contributed by atoms with E-state index in [9.17, 15) is 4.79 Å². The van der Waals surface area contributed by atoms with Gasteiger partial charge in [0, 0.05) is 18.7 Å². The molecule has 26 heavy (non-hydrogen) atoms. The van der Waals surface area contributed by atoms with E-state index in [-0.39, 0.29) is 11.8 Å². The van der Waals surface area contributed by atoms with Crippen molar-refractivity contribution >= 4 is 5.91 Å². The molecule has 0 radical (unpaired) electrons. The van der Waals surface area contributed by atoms with Crippen molar-refractivity contribution in [2.45, 2.75) is 51.0 Å². The zero-order valence-electron chi connectivity index (χ0n) is 15.9. The molecule has 1 saturated carbocycles. The lowest BCUT2D eigenvalue weighted by molar-refractivity contribution is -0.132. The molecule has 3 rings (SSSR count). The Morgan fingerprint density at radius 2 is 1.81 bits per heavy atom. The SMILES string of the molecule is CCC(C(=O)N(C)C1CC1)c1ccccc1OCCCc1ccccc1. The predicted molar refractivity (Wildman–Crippen MR) is 106 cm³/mol. The summed E-state index contributed by atoms with van der Waals surface area (Å²) in [6.07, 6.45) is 5.03. The largest absolute Gasteiger partial charge is 0.493 e. The van der Waals surface area contributed by atoms with Crippen molar-refractivity contribution in [2.75, 3.05) is 13.7 Å². The van der Waals surface area contributed by atoms with Gasteiger partial charge in [0.2, 0.25) is 5.91 Å². The Balaban J connectivity index is 1.61. The molecule has 1 unspecified atom stereocenters. The second-order valence-corrected chi connectivity index (χ2v) is 7.12. The van der Waals surface area contributed by atoms with Crippen molar-refractivity contribution < 1.29 is 9.53 Å². The minimum atomic E-state index is -0.120. The summed E-state index contributed by atoms with van der Waals surface area (Å²) in [5, 5.41) is 0. The molecule has 1 fully saturated rings. The van der Waals surface area contributed by atoms with E-state index >= 15 is 0 Å². The lowest BCUT2D eigenvalue weighted by Crippen LogP contribution is -2.33. The average Bonchev–Trinajstić information content (AvgIpc) is 3.52. The second kappa shape index (κ2) is 8.88. The van der Waals surface area contributed by atoms with E-state index in [0.717, 1.165) is 43.4 Å². The highest BCUT2D eigenvalue weighted by Crippen LogP contribution is 2.34. The van der Waals surface area contributed by atoms with Gasteiger partial charge in [0.1, 0.15) is 5.75 Å². The van der Waals surface area contributed by atoms with Crippen molar-refractivity contribution in [1.29, 1.82) is 0 Å². The molecular weight excluding hydrogens is 322 g/mol. The zero-order valence-corrected chi connectivity index (χ0v) is 15.9. The van der Waals surface area contributed by atoms with Gasteiger partial charge in [-0.15, -0.1) is 0 Å². The highest BCUT2D eigenvalue weighted by molar-refractivity contribution is 5.84. The van der Waals surface area contributed by atoms with Crippen LogP contribution in [0.15, 0.2) is 54.6 Å². The van der Waals surface area contributed by atoms with Crippen LogP contribution in [0, 0.1) is 0 Å². The summed E-state index contributed by atoms with van der Waals surface area (Å²) in [5.74, 6) is 0.950. The van der Waals surface area contributed by atoms with Gasteiger partial charge in [0.15, 0.2) is 0 Å². The van der Waals surface area contributed by atoms with Crippen molar-refractivity contribution in [1.82, 2.24) is 4.90 Å². The van der Waals surface area contributed by atoms with Gasteiger partial charge in [-0.05, 0) is 43.7 Å². The Morgan fingerprint density at radius 1 is 1.12 bits per heavy atom. The summed E-state index contributed by atoms with van der Waals surface area (Å²) >= 11 is 0. The summed E-state index contributed by atoms with van der Waals surface area (Å²) in [4.78, 5) is 14.8. The molecule has 0 saturated heterocycles. The first-order valence-corrected chi connectivity index (χ1v) is 9.73. The Labute approximate surface area is 157 Å². The normalized spacial score (nSPS) is 14.7. The molecule has 0 aromatic heterocycles. The van der Waals surface area contributed by atoms with Gasteiger partial charge in [-0.3, -0.25) is 4.79 Å². The van der Waals surface area contributed by atoms with Crippen LogP contribution in [0.3, 0.4) is 0 Å². The van der Waals surface area contributed by atoms with Gasteiger partial charge in [-0.1, -0.05) is 55.5 Å². The number of amides is 1. The van der Waals surface area contributed by atoms with E-state index in [2.05, 4.69) is 31.2 Å². The van der Waals surface area contributed by atoms with Gasteiger partial charge in [-0.25, -0.2) is 0 Å². The van der Waals surface area contributed by atoms with E-state index in [4.69, 9.17) is 4.74 Å². The maximum atomic E-state index is 12.9. The number of para-hydroxylation sites is 1. The van der Waals surface area contributed by atoms with Crippen LogP contribution in [-0.4, -0.2) is 30.5 Å². The molecule has 138 valence electrons. The molecule has 0 spiro atoms. The van der Waals surface area contributed by atoms with E-state index in [1.54, 1.807) is 0 Å². The average molecular weight is 351 g/mol. The van der Waals surface area contributed by atoms with E-state index in [0.29, 0.717) is 12.6 Å². The highest BCUT2D eigenvalue weighted by Gasteiger charge is 2.34. The number of nitrogens with zero attached hydrogens (tertiary/aromatic N) is 1. The summed E-state index contributed by atoms with van der Waals surface area (Å²) in [5.41, 5.74) is 2.35. The Hall–Kier alpha value is -2.29. The van der Waals surface area contributed by atoms with Gasteiger partial charge < -0.3 is 9.64 Å². The molecule has 1 amide bonds. The monoisotopic (exact) mass is 351 g/mol. The van der Waals surface area contributed by atoms with Crippen LogP contribution in [0.2, 0.25) is 0 Å². The number of carbonyl (C=O) groups is 1. The fourth-order valence-corrected chi connectivity index (χ4v) is 3.42. The first kappa shape index (κ1) is 18.5. The van der Waals surface area contributed by atoms with Crippen molar-refractivity contribution in [3.05, 3.63) is 65.7 Å². The molecule has 0 bridgehead atoms. The molecule has 0 heterocycles. The van der Waals surface area contributed by atoms with E-state index in [1.807, 2.05) is 42.3 Å². The molecule has 0 N–H and O–H groups in total. The summed E-state index contributed by atoms with van der Waals surface area (Å²) in [7, 11) is 1.94. The van der Waals surface area contributed by atoms with Crippen LogP contribution in [0.25, 0.3) is 0 Å². The minimum Gasteiger partial charge on any atom is -0.493 e. The van der Waals surface area contributed by atoms with Crippen molar-refractivity contribution in [3.63, 3.8) is 0 Å². The van der Waals surface area contributed by atoms with Gasteiger partial charge in [0.25, 0.3) is 0 Å². The van der Waals surface area contributed by atoms with Gasteiger partial charge >= 0.3 is 0 Å². The van der Waals surface area contributed by atoms with Crippen LogP contribution in [-0.2, 0) is 11.2 Å². The third kappa shape index (κ3) is 4.66. The number of rotatable bonds is 9. The Morgan fingerprint density at radius 3 is 2.50 bits per heavy atom. The summed E-state index contributed by atoms with van der Waals surface area (Å²) < 4.78 is 6.08. The topological polar surface area (TPSA) is 29.5 Å². The minimum absolute atomic E-state index is 0.120. The number of hydrogen-bond donors (Lipinski definition) is 0. The van der Waals surface area contributed by atoms with Crippen LogP contribution in [0.1, 0.15) is 49.7 Å². The molecule has 3 nitrogen and oxygen atoms in total. The maximum absolute atomic E-state index is 12.9. The smallest absolute Gasteiger partial charge is 0.230 e. The standard InChI is InChI=1S/C23H29NO2/c1-3-20(23(25)24(2)19-15-16-19)21-13-7-8-14-22(21)26-17-9-12-18-10-5-4-6-11-18/h4-8,10-11,13-14,19-20H,3,9,12,15-17H2,1-2H3. The Kier molecular flexibility index (Phi) is 6.32. The van der Waals surface area contributed by atoms with E-state index in [1.165, 1.54) is 5.56 Å². The zero-order chi connectivity index (χ0) is 18.4. The fourth-order valence-electron chi connectivity index (χ4n) is 3.42. The number of carbonyl (C=O) groups excluding carboxylic acids is 1. The van der Waals surface area contributed by atoms with Crippen LogP contribution >= 0.6 is 0 Å². The first-order chi connectivity index (χ1) is 12.7. The lowest BCUT2D eigenvalue weighted by atomic mass is 9.94. The van der Waals surface area contributed by atoms with Crippen LogP contribution < -0.4 is 4.74 Å². The molecule has 1 aliphatic rings. The fraction of sp³-hybridized carbons (Fsp3) is 0.435. The number of hydrogen-bond acceptors (Lipinski definition) is 2. The summed E-state index contributed by atoms with van der Waals surface area (Å²) in [6.45, 7) is 2.74. The quantitative estimate of drug-likeness (QED) is 0.607. The second-order valence-electron chi connectivity index (χ2n) is 7.12. The molecule has 1 aliphatic carbocycles. The maximum Gasteiger partial charge on any atom is 0.230 e. The summed E-state index contributed by atoms with van der Waals surface area (Å²) in [6, 6.07) is 18.9. The lowest BCUT2D eigenvalue weighted by Gasteiger charge is -2.24. The van der Waals surface area contributed by atoms with Crippen molar-refractivity contribution in [2.24, 2.45) is 0 Å². The third-order valence-electron chi connectivity index (χ3n) is 5.15. The number of aryl methyl sites for hydroxylation is 1. The molecule has 0 aliphatic heterocycles. The molecule has 3 heteroatoms. The molecule has 2 aromatic rings. The highest BCUT2D eigenvalue weighted by atomic mass is 16.5. The number of ether oxygens (including phenoxy) is 1. The van der Waals surface area contributed by atoms with Crippen LogP contribution in [0.5, 0.6) is 5.75 Å². The number of likely N-dealkylation sites (N-methyl/N-ethyl adjacent to an activating group) is 1. The van der Waals surface area contributed by atoms with E-state index < -0.39 is 0 Å². The Bertz CT molecular complexity index is 709. The van der Waals surface area contributed by atoms with Gasteiger partial charge in [0.05, 0.1) is 12.5 Å². The third-order valence-corrected chi connectivity index (χ3v) is 5.15. The number of benzene rings is 2. The first-order valence-electron chi connectivity index (χ1n) is 9.73. The van der Waals surface area contributed by atoms with Crippen molar-refractivity contribution in [3.8, 4) is 5.75 Å².